The predicted octanol–water partition coefficient (Wildman–Crippen LogP) is 3.17. The zero-order valence-corrected chi connectivity index (χ0v) is 22.5. The van der Waals surface area contributed by atoms with Crippen molar-refractivity contribution in [3.63, 3.8) is 0 Å². The van der Waals surface area contributed by atoms with Gasteiger partial charge in [0.2, 0.25) is 11.8 Å². The third-order valence-electron chi connectivity index (χ3n) is 6.14. The highest BCUT2D eigenvalue weighted by atomic mass is 28.4. The first-order valence-electron chi connectivity index (χ1n) is 12.1. The first-order chi connectivity index (χ1) is 15.4. The third kappa shape index (κ3) is 12.9. The Balaban J connectivity index is 4.52. The average Bonchev–Trinajstić information content (AvgIpc) is 2.81. The van der Waals surface area contributed by atoms with Crippen LogP contribution in [0.15, 0.2) is 0 Å². The summed E-state index contributed by atoms with van der Waals surface area (Å²) in [6.45, 7) is 11.0. The molecule has 0 spiro atoms. The Morgan fingerprint density at radius 2 is 0.969 bits per heavy atom. The zero-order valence-electron chi connectivity index (χ0n) is 21.5. The molecule has 0 radical (unpaired) electrons. The second-order valence-corrected chi connectivity index (χ2v) is 12.8. The van der Waals surface area contributed by atoms with Gasteiger partial charge in [0.15, 0.2) is 8.32 Å². The molecular formula is C23H48N2O6Si. The van der Waals surface area contributed by atoms with Gasteiger partial charge in [0.1, 0.15) is 0 Å². The fraction of sp³-hybridized carbons (Fsp3) is 0.913. The summed E-state index contributed by atoms with van der Waals surface area (Å²) in [4.78, 5) is 28.9. The lowest BCUT2D eigenvalue weighted by atomic mass is 10.1. The maximum Gasteiger partial charge on any atom is 0.222 e. The Bertz CT molecular complexity index is 475. The minimum atomic E-state index is -1.65. The fourth-order valence-corrected chi connectivity index (χ4v) is 6.26. The van der Waals surface area contributed by atoms with Crippen LogP contribution in [0.4, 0.5) is 0 Å². The monoisotopic (exact) mass is 476 g/mol. The van der Waals surface area contributed by atoms with Crippen LogP contribution in [-0.4, -0.2) is 104 Å². The molecule has 0 aliphatic heterocycles. The van der Waals surface area contributed by atoms with E-state index >= 15 is 0 Å². The second kappa shape index (κ2) is 19.5. The number of unbranched alkanes of at least 4 members (excludes halogenated alkanes) is 1. The summed E-state index contributed by atoms with van der Waals surface area (Å²) in [7, 11) is 3.24. The Morgan fingerprint density at radius 1 is 0.625 bits per heavy atom. The summed E-state index contributed by atoms with van der Waals surface area (Å²) >= 11 is 0. The molecular weight excluding hydrogens is 428 g/mol. The lowest BCUT2D eigenvalue weighted by molar-refractivity contribution is -0.134. The highest BCUT2D eigenvalue weighted by Gasteiger charge is 2.28. The summed E-state index contributed by atoms with van der Waals surface area (Å²) in [5.41, 5.74) is 0. The van der Waals surface area contributed by atoms with Crippen molar-refractivity contribution in [2.45, 2.75) is 64.6 Å². The largest absolute Gasteiger partial charge is 0.415 e. The van der Waals surface area contributed by atoms with Gasteiger partial charge >= 0.3 is 0 Å². The maximum absolute atomic E-state index is 12.8. The van der Waals surface area contributed by atoms with Gasteiger partial charge in [-0.2, -0.15) is 0 Å². The molecule has 190 valence electrons. The van der Waals surface area contributed by atoms with Crippen molar-refractivity contribution in [3.8, 4) is 0 Å². The van der Waals surface area contributed by atoms with Crippen LogP contribution in [-0.2, 0) is 28.2 Å². The Labute approximate surface area is 197 Å². The molecule has 0 aromatic carbocycles. The molecule has 0 aliphatic carbocycles. The Hall–Kier alpha value is -1.00. The predicted molar refractivity (Wildman–Crippen MR) is 130 cm³/mol. The number of nitrogens with zero attached hydrogens (tertiary/aromatic N) is 2. The lowest BCUT2D eigenvalue weighted by Crippen LogP contribution is -2.41. The number of hydrogen-bond donors (Lipinski definition) is 0. The standard InChI is InChI=1S/C23H48N2O6Si/c1-7-32(8-2,9-3)31-21-17-25(16-20-30-6)23(27)13-11-10-12-22(26)24(14-18-28-4)15-19-29-5/h7-21H2,1-6H3. The van der Waals surface area contributed by atoms with Gasteiger partial charge in [0.25, 0.3) is 0 Å². The summed E-state index contributed by atoms with van der Waals surface area (Å²) in [6, 6.07) is 3.31. The van der Waals surface area contributed by atoms with Gasteiger partial charge in [-0.1, -0.05) is 20.8 Å². The van der Waals surface area contributed by atoms with E-state index in [0.29, 0.717) is 78.3 Å². The van der Waals surface area contributed by atoms with Crippen LogP contribution in [0.1, 0.15) is 46.5 Å². The van der Waals surface area contributed by atoms with E-state index in [4.69, 9.17) is 18.6 Å². The minimum Gasteiger partial charge on any atom is -0.415 e. The number of amides is 2. The van der Waals surface area contributed by atoms with Crippen LogP contribution >= 0.6 is 0 Å². The normalized spacial score (nSPS) is 11.6. The summed E-state index contributed by atoms with van der Waals surface area (Å²) in [5.74, 6) is 0.182. The van der Waals surface area contributed by atoms with Crippen LogP contribution < -0.4 is 0 Å². The molecule has 9 heteroatoms. The van der Waals surface area contributed by atoms with Crippen LogP contribution in [0.5, 0.6) is 0 Å². The molecule has 0 fully saturated rings. The second-order valence-electron chi connectivity index (χ2n) is 8.04. The van der Waals surface area contributed by atoms with E-state index in [1.807, 2.05) is 4.90 Å². The molecule has 0 saturated carbocycles. The number of methoxy groups -OCH3 is 3. The Kier molecular flexibility index (Phi) is 18.9. The maximum atomic E-state index is 12.8. The minimum absolute atomic E-state index is 0.0798. The fourth-order valence-electron chi connectivity index (χ4n) is 3.62. The van der Waals surface area contributed by atoms with E-state index < -0.39 is 8.32 Å². The van der Waals surface area contributed by atoms with Gasteiger partial charge < -0.3 is 28.4 Å². The summed E-state index contributed by atoms with van der Waals surface area (Å²) < 4.78 is 21.7. The Morgan fingerprint density at radius 3 is 1.28 bits per heavy atom. The molecule has 0 saturated heterocycles. The van der Waals surface area contributed by atoms with E-state index in [0.717, 1.165) is 18.1 Å². The topological polar surface area (TPSA) is 77.5 Å². The van der Waals surface area contributed by atoms with Crippen molar-refractivity contribution in [3.05, 3.63) is 0 Å². The van der Waals surface area contributed by atoms with E-state index in [2.05, 4.69) is 20.8 Å². The van der Waals surface area contributed by atoms with Gasteiger partial charge in [-0.3, -0.25) is 9.59 Å². The molecule has 32 heavy (non-hydrogen) atoms. The molecule has 8 nitrogen and oxygen atoms in total. The molecule has 0 bridgehead atoms. The van der Waals surface area contributed by atoms with Gasteiger partial charge in [-0.25, -0.2) is 0 Å². The number of hydrogen-bond acceptors (Lipinski definition) is 6. The summed E-state index contributed by atoms with van der Waals surface area (Å²) in [6.07, 6.45) is 2.24. The molecule has 0 aliphatic rings. The van der Waals surface area contributed by atoms with E-state index in [1.165, 1.54) is 0 Å². The third-order valence-corrected chi connectivity index (χ3v) is 10.8. The lowest BCUT2D eigenvalue weighted by Gasteiger charge is -2.30. The highest BCUT2D eigenvalue weighted by molar-refractivity contribution is 6.73. The van der Waals surface area contributed by atoms with Crippen molar-refractivity contribution < 1.29 is 28.2 Å². The van der Waals surface area contributed by atoms with E-state index in [1.54, 1.807) is 26.2 Å². The van der Waals surface area contributed by atoms with Crippen LogP contribution in [0.25, 0.3) is 0 Å². The number of carbonyl (C=O) groups is 2. The van der Waals surface area contributed by atoms with Crippen LogP contribution in [0, 0.1) is 0 Å². The van der Waals surface area contributed by atoms with Gasteiger partial charge in [-0.05, 0) is 31.0 Å². The SMILES string of the molecule is CC[Si](CC)(CC)OCCN(CCOC)C(=O)CCCCC(=O)N(CCOC)CCOC. The van der Waals surface area contributed by atoms with Gasteiger partial charge in [0.05, 0.1) is 26.4 Å². The van der Waals surface area contributed by atoms with E-state index in [9.17, 15) is 9.59 Å². The van der Waals surface area contributed by atoms with Crippen LogP contribution in [0.2, 0.25) is 18.1 Å². The number of rotatable bonds is 21. The molecule has 0 N–H and O–H groups in total. The van der Waals surface area contributed by atoms with Crippen molar-refractivity contribution >= 4 is 20.1 Å². The molecule has 2 amide bonds. The smallest absolute Gasteiger partial charge is 0.222 e. The first kappa shape index (κ1) is 31.0. The van der Waals surface area contributed by atoms with Crippen molar-refractivity contribution in [1.82, 2.24) is 9.80 Å². The van der Waals surface area contributed by atoms with Crippen molar-refractivity contribution in [2.24, 2.45) is 0 Å². The highest BCUT2D eigenvalue weighted by Crippen LogP contribution is 2.21. The molecule has 0 rings (SSSR count). The first-order valence-corrected chi connectivity index (χ1v) is 14.6. The molecule has 0 atom stereocenters. The van der Waals surface area contributed by atoms with E-state index in [-0.39, 0.29) is 11.8 Å². The zero-order chi connectivity index (χ0) is 24.2. The quantitative estimate of drug-likeness (QED) is 0.187. The van der Waals surface area contributed by atoms with Crippen molar-refractivity contribution in [2.75, 3.05) is 73.9 Å². The van der Waals surface area contributed by atoms with Crippen LogP contribution in [0.3, 0.4) is 0 Å². The average molecular weight is 477 g/mol. The number of ether oxygens (including phenoxy) is 3. The summed E-state index contributed by atoms with van der Waals surface area (Å²) in [5, 5.41) is 0. The molecule has 0 unspecified atom stereocenters. The van der Waals surface area contributed by atoms with Gasteiger partial charge in [-0.15, -0.1) is 0 Å². The molecule has 0 heterocycles. The molecule has 0 aromatic rings. The number of carbonyl (C=O) groups excluding carboxylic acids is 2. The van der Waals surface area contributed by atoms with Crippen molar-refractivity contribution in [1.29, 1.82) is 0 Å². The van der Waals surface area contributed by atoms with Gasteiger partial charge in [0, 0.05) is 60.4 Å². The molecule has 0 aromatic heterocycles.